The minimum Gasteiger partial charge on any atom is -0.512 e. The van der Waals surface area contributed by atoms with Crippen molar-refractivity contribution in [1.29, 1.82) is 0 Å². The molecule has 40 heavy (non-hydrogen) atoms. The molecule has 1 N–H and O–H groups in total. The summed E-state index contributed by atoms with van der Waals surface area (Å²) >= 11 is 0. The number of furan rings is 1. The molecule has 0 spiro atoms. The minimum absolute atomic E-state index is 0. The van der Waals surface area contributed by atoms with Crippen LogP contribution in [0.2, 0.25) is 0 Å². The monoisotopic (exact) mass is 709 g/mol. The van der Waals surface area contributed by atoms with Gasteiger partial charge in [-0.15, -0.1) is 34.9 Å². The van der Waals surface area contributed by atoms with Gasteiger partial charge in [-0.1, -0.05) is 94.4 Å². The summed E-state index contributed by atoms with van der Waals surface area (Å²) in [6.45, 7) is 11.6. The summed E-state index contributed by atoms with van der Waals surface area (Å²) < 4.78 is 6.36. The van der Waals surface area contributed by atoms with Crippen LogP contribution in [0.4, 0.5) is 0 Å². The molecule has 2 aromatic heterocycles. The Balaban J connectivity index is 0.000000492. The second-order valence-corrected chi connectivity index (χ2v) is 10.7. The molecule has 0 fully saturated rings. The molecule has 4 nitrogen and oxygen atoms in total. The van der Waals surface area contributed by atoms with Crippen LogP contribution in [-0.4, -0.2) is 15.9 Å². The molecule has 0 aliphatic rings. The average Bonchev–Trinajstić information content (AvgIpc) is 3.27. The smallest absolute Gasteiger partial charge is 0.155 e. The van der Waals surface area contributed by atoms with Crippen LogP contribution in [0.3, 0.4) is 0 Å². The first-order valence-corrected chi connectivity index (χ1v) is 13.0. The van der Waals surface area contributed by atoms with Gasteiger partial charge in [0.2, 0.25) is 0 Å². The van der Waals surface area contributed by atoms with Crippen LogP contribution in [0.1, 0.15) is 45.7 Å². The van der Waals surface area contributed by atoms with E-state index < -0.39 is 0 Å². The first-order valence-electron chi connectivity index (χ1n) is 13.0. The number of aromatic nitrogens is 1. The van der Waals surface area contributed by atoms with E-state index in [0.29, 0.717) is 0 Å². The molecule has 0 saturated heterocycles. The summed E-state index contributed by atoms with van der Waals surface area (Å²) in [6, 6.07) is 32.6. The number of allylic oxidation sites excluding steroid dienone is 2. The summed E-state index contributed by atoms with van der Waals surface area (Å²) in [5.41, 5.74) is 9.21. The third-order valence-corrected chi connectivity index (χ3v) is 6.19. The number of carbonyl (C=O) groups is 1. The topological polar surface area (TPSA) is 63.3 Å². The number of fused-ring (bicyclic) bond motifs is 1. The van der Waals surface area contributed by atoms with Gasteiger partial charge < -0.3 is 9.52 Å². The molecular weight excluding hydrogens is 675 g/mol. The van der Waals surface area contributed by atoms with Crippen LogP contribution in [0, 0.1) is 13.0 Å². The third-order valence-electron chi connectivity index (χ3n) is 6.19. The van der Waals surface area contributed by atoms with Gasteiger partial charge >= 0.3 is 0 Å². The Bertz CT molecular complexity index is 1620. The Morgan fingerprint density at radius 2 is 1.50 bits per heavy atom. The Labute approximate surface area is 250 Å². The van der Waals surface area contributed by atoms with Crippen LogP contribution in [0.5, 0.6) is 0 Å². The molecule has 0 unspecified atom stereocenters. The van der Waals surface area contributed by atoms with Gasteiger partial charge in [-0.2, -0.15) is 0 Å². The first kappa shape index (κ1) is 30.7. The average molecular weight is 709 g/mol. The van der Waals surface area contributed by atoms with Crippen molar-refractivity contribution < 1.29 is 34.4 Å². The number of hydrogen-bond acceptors (Lipinski definition) is 4. The van der Waals surface area contributed by atoms with Crippen LogP contribution in [-0.2, 0) is 30.3 Å². The molecule has 0 aliphatic carbocycles. The largest absolute Gasteiger partial charge is 0.512 e. The number of aryl methyl sites for hydroxylation is 1. The third kappa shape index (κ3) is 7.44. The molecule has 0 aliphatic heterocycles. The van der Waals surface area contributed by atoms with Crippen LogP contribution >= 0.6 is 0 Å². The zero-order valence-corrected chi connectivity index (χ0v) is 26.1. The second-order valence-electron chi connectivity index (χ2n) is 10.7. The van der Waals surface area contributed by atoms with E-state index in [1.54, 1.807) is 0 Å². The van der Waals surface area contributed by atoms with Gasteiger partial charge in [0.25, 0.3) is 0 Å². The molecule has 5 aromatic rings. The van der Waals surface area contributed by atoms with Crippen molar-refractivity contribution in [2.75, 3.05) is 0 Å². The van der Waals surface area contributed by atoms with E-state index in [9.17, 15) is 4.79 Å². The fourth-order valence-electron chi connectivity index (χ4n) is 4.37. The molecule has 2 heterocycles. The SMILES string of the molecule is CC(=O)/C=C(/C)O.Cc1[c-]c(-c2ccc3oc(-c4ccccc4)c(-c4ccccc4)c3n2)cc(C(C)(C)C)c1.[Ir]. The zero-order chi connectivity index (χ0) is 28.2. The number of aliphatic hydroxyl groups is 1. The van der Waals surface area contributed by atoms with Crippen molar-refractivity contribution in [2.24, 2.45) is 0 Å². The second kappa shape index (κ2) is 13.0. The normalized spacial score (nSPS) is 11.4. The number of aliphatic hydroxyl groups excluding tert-OH is 1. The molecule has 0 saturated carbocycles. The molecule has 207 valence electrons. The summed E-state index contributed by atoms with van der Waals surface area (Å²) in [7, 11) is 0. The van der Waals surface area contributed by atoms with Crippen molar-refractivity contribution in [3.8, 4) is 33.7 Å². The van der Waals surface area contributed by atoms with E-state index in [1.165, 1.54) is 25.5 Å². The van der Waals surface area contributed by atoms with Crippen molar-refractivity contribution in [3.05, 3.63) is 114 Å². The van der Waals surface area contributed by atoms with Crippen molar-refractivity contribution in [3.63, 3.8) is 0 Å². The van der Waals surface area contributed by atoms with E-state index in [4.69, 9.17) is 14.5 Å². The number of pyridine rings is 1. The Morgan fingerprint density at radius 1 is 0.900 bits per heavy atom. The van der Waals surface area contributed by atoms with Gasteiger partial charge in [0.15, 0.2) is 11.4 Å². The Hall–Kier alpha value is -3.79. The van der Waals surface area contributed by atoms with Gasteiger partial charge in [-0.25, -0.2) is 0 Å². The van der Waals surface area contributed by atoms with E-state index in [2.05, 4.69) is 82.3 Å². The maximum Gasteiger partial charge on any atom is 0.155 e. The van der Waals surface area contributed by atoms with Gasteiger partial charge in [0, 0.05) is 31.7 Å². The molecule has 0 atom stereocenters. The fraction of sp³-hybridized carbons (Fsp3) is 0.200. The van der Waals surface area contributed by atoms with Crippen molar-refractivity contribution in [1.82, 2.24) is 4.98 Å². The molecule has 1 radical (unpaired) electrons. The van der Waals surface area contributed by atoms with Gasteiger partial charge in [-0.3, -0.25) is 9.78 Å². The molecule has 5 rings (SSSR count). The molecule has 0 bridgehead atoms. The standard InChI is InChI=1S/C30H26NO.C5H8O2.Ir/c1-20-17-23(19-24(18-20)30(2,3)4)25-15-16-26-28(31-25)27(21-11-7-5-8-12-21)29(32-26)22-13-9-6-10-14-22;1-4(6)3-5(2)7;/h5-16,18-19H,1-4H3;3,6H,1-2H3;/q-1;;/b;4-3-;. The van der Waals surface area contributed by atoms with Crippen LogP contribution < -0.4 is 0 Å². The summed E-state index contributed by atoms with van der Waals surface area (Å²) in [4.78, 5) is 15.1. The summed E-state index contributed by atoms with van der Waals surface area (Å²) in [5, 5.41) is 8.36. The fourth-order valence-corrected chi connectivity index (χ4v) is 4.37. The number of hydrogen-bond donors (Lipinski definition) is 1. The molecule has 3 aromatic carbocycles. The van der Waals surface area contributed by atoms with E-state index >= 15 is 0 Å². The minimum atomic E-state index is -0.125. The number of benzene rings is 3. The van der Waals surface area contributed by atoms with Gasteiger partial charge in [-0.05, 0) is 36.6 Å². The summed E-state index contributed by atoms with van der Waals surface area (Å²) in [5.74, 6) is 0.785. The maximum absolute atomic E-state index is 10.0. The molecule has 0 amide bonds. The zero-order valence-electron chi connectivity index (χ0n) is 23.7. The Kier molecular flexibility index (Phi) is 10.0. The predicted molar refractivity (Wildman–Crippen MR) is 160 cm³/mol. The quantitative estimate of drug-likeness (QED) is 0.115. The van der Waals surface area contributed by atoms with E-state index in [0.717, 1.165) is 50.4 Å². The van der Waals surface area contributed by atoms with Crippen molar-refractivity contribution >= 4 is 16.9 Å². The Morgan fingerprint density at radius 3 is 2.02 bits per heavy atom. The van der Waals surface area contributed by atoms with Crippen molar-refractivity contribution in [2.45, 2.75) is 47.0 Å². The predicted octanol–water partition coefficient (Wildman–Crippen LogP) is 9.27. The number of rotatable bonds is 4. The number of carbonyl (C=O) groups excluding carboxylic acids is 1. The van der Waals surface area contributed by atoms with E-state index in [1.807, 2.05) is 36.4 Å². The maximum atomic E-state index is 10.0. The number of nitrogens with zero attached hydrogens (tertiary/aromatic N) is 1. The summed E-state index contributed by atoms with van der Waals surface area (Å²) in [6.07, 6.45) is 1.17. The molecule has 5 heteroatoms. The molecular formula is C35H34IrNO3-. The van der Waals surface area contributed by atoms with Crippen LogP contribution in [0.25, 0.3) is 44.8 Å². The van der Waals surface area contributed by atoms with E-state index in [-0.39, 0.29) is 37.1 Å². The van der Waals surface area contributed by atoms with Gasteiger partial charge in [0.05, 0.1) is 11.3 Å². The van der Waals surface area contributed by atoms with Crippen LogP contribution in [0.15, 0.2) is 101 Å². The first-order chi connectivity index (χ1) is 18.5. The number of ketones is 1. The van der Waals surface area contributed by atoms with Gasteiger partial charge in [0.1, 0.15) is 11.3 Å².